The molecule has 1 N–H and O–H groups in total. The zero-order valence-corrected chi connectivity index (χ0v) is 18.6. The molecule has 0 aromatic carbocycles. The zero-order chi connectivity index (χ0) is 22.1. The molecule has 0 spiro atoms. The summed E-state index contributed by atoms with van der Waals surface area (Å²) >= 11 is 3.26. The summed E-state index contributed by atoms with van der Waals surface area (Å²) in [5.74, 6) is 0.279. The van der Waals surface area contributed by atoms with E-state index in [2.05, 4.69) is 46.5 Å². The third kappa shape index (κ3) is 4.10. The van der Waals surface area contributed by atoms with Gasteiger partial charge in [0.2, 0.25) is 17.6 Å². The monoisotopic (exact) mass is 486 g/mol. The Morgan fingerprint density at radius 3 is 2.74 bits per heavy atom. The second-order valence-electron chi connectivity index (χ2n) is 7.27. The molecule has 11 nitrogen and oxygen atoms in total. The van der Waals surface area contributed by atoms with E-state index in [1.165, 1.54) is 15.6 Å². The Morgan fingerprint density at radius 2 is 2.03 bits per heavy atom. The predicted octanol–water partition coefficient (Wildman–Crippen LogP) is 1.85. The molecule has 0 saturated carbocycles. The second-order valence-corrected chi connectivity index (χ2v) is 8.02. The minimum absolute atomic E-state index is 0.0283. The van der Waals surface area contributed by atoms with E-state index in [4.69, 9.17) is 4.52 Å². The van der Waals surface area contributed by atoms with Crippen LogP contribution >= 0.6 is 15.9 Å². The maximum Gasteiger partial charge on any atom is 0.266 e. The van der Waals surface area contributed by atoms with Gasteiger partial charge in [0.05, 0.1) is 0 Å². The van der Waals surface area contributed by atoms with Crippen LogP contribution in [0.3, 0.4) is 0 Å². The second kappa shape index (κ2) is 8.38. The van der Waals surface area contributed by atoms with Crippen molar-refractivity contribution < 1.29 is 9.32 Å². The van der Waals surface area contributed by atoms with Gasteiger partial charge < -0.3 is 9.84 Å². The average molecular weight is 487 g/mol. The van der Waals surface area contributed by atoms with Crippen molar-refractivity contribution >= 4 is 32.9 Å². The number of halogens is 1. The number of aromatic nitrogens is 7. The van der Waals surface area contributed by atoms with Gasteiger partial charge in [-0.2, -0.15) is 10.1 Å². The van der Waals surface area contributed by atoms with E-state index >= 15 is 0 Å². The van der Waals surface area contributed by atoms with Gasteiger partial charge in [-0.1, -0.05) is 19.0 Å². The highest BCUT2D eigenvalue weighted by Crippen LogP contribution is 2.23. The molecule has 0 saturated heterocycles. The summed E-state index contributed by atoms with van der Waals surface area (Å²) in [7, 11) is 1.69. The number of hydrogen-bond donors (Lipinski definition) is 1. The summed E-state index contributed by atoms with van der Waals surface area (Å²) in [4.78, 5) is 38.1. The molecular formula is C19H19BrN8O3. The summed E-state index contributed by atoms with van der Waals surface area (Å²) in [5, 5.41) is 11.3. The van der Waals surface area contributed by atoms with Crippen molar-refractivity contribution in [2.45, 2.75) is 26.4 Å². The van der Waals surface area contributed by atoms with E-state index in [9.17, 15) is 9.59 Å². The molecule has 31 heavy (non-hydrogen) atoms. The first-order valence-electron chi connectivity index (χ1n) is 9.46. The van der Waals surface area contributed by atoms with Crippen LogP contribution in [-0.2, 0) is 18.4 Å². The van der Waals surface area contributed by atoms with Crippen LogP contribution in [0.4, 0.5) is 0 Å². The molecule has 0 radical (unpaired) electrons. The van der Waals surface area contributed by atoms with E-state index in [0.29, 0.717) is 21.5 Å². The van der Waals surface area contributed by atoms with Crippen LogP contribution in [0.5, 0.6) is 0 Å². The first-order chi connectivity index (χ1) is 14.8. The third-order valence-corrected chi connectivity index (χ3v) is 5.27. The van der Waals surface area contributed by atoms with Crippen molar-refractivity contribution in [1.29, 1.82) is 0 Å². The van der Waals surface area contributed by atoms with Crippen LogP contribution in [0.1, 0.15) is 25.8 Å². The molecule has 1 amide bonds. The van der Waals surface area contributed by atoms with Crippen LogP contribution in [0.2, 0.25) is 0 Å². The van der Waals surface area contributed by atoms with Crippen molar-refractivity contribution in [3.63, 3.8) is 0 Å². The largest absolute Gasteiger partial charge is 0.342 e. The summed E-state index contributed by atoms with van der Waals surface area (Å²) in [6.45, 7) is 3.64. The number of hydrogen-bond acceptors (Lipinski definition) is 8. The Labute approximate surface area is 184 Å². The molecular weight excluding hydrogens is 468 g/mol. The Hall–Kier alpha value is -3.41. The van der Waals surface area contributed by atoms with Gasteiger partial charge in [-0.3, -0.25) is 19.1 Å². The normalized spacial score (nSPS) is 12.4. The number of nitrogens with one attached hydrogen (secondary N) is 1. The highest BCUT2D eigenvalue weighted by atomic mass is 79.9. The van der Waals surface area contributed by atoms with Crippen LogP contribution in [0, 0.1) is 5.92 Å². The van der Waals surface area contributed by atoms with Crippen molar-refractivity contribution in [3.8, 4) is 11.4 Å². The Bertz CT molecular complexity index is 1290. The minimum atomic E-state index is -0.520. The fraction of sp³-hybridized carbons (Fsp3) is 0.316. The van der Waals surface area contributed by atoms with Gasteiger partial charge in [-0.25, -0.2) is 9.67 Å². The number of carbonyl (C=O) groups excluding carboxylic acids is 1. The van der Waals surface area contributed by atoms with Crippen LogP contribution in [0.15, 0.2) is 44.8 Å². The van der Waals surface area contributed by atoms with E-state index in [0.717, 1.165) is 5.56 Å². The number of rotatable bonds is 6. The smallest absolute Gasteiger partial charge is 0.266 e. The van der Waals surface area contributed by atoms with E-state index in [1.54, 1.807) is 31.6 Å². The molecule has 1 unspecified atom stereocenters. The standard InChI is InChI=1S/C19H19BrN8O3/c1-10(2)14(18-24-16(26-31-18)11-4-6-21-7-5-11)23-12(29)8-28-9-22-17-13(19(28)30)15(20)25-27(17)3/h4-7,9-10,14H,8H2,1-3H3,(H,23,29). The van der Waals surface area contributed by atoms with E-state index in [-0.39, 0.29) is 29.8 Å². The summed E-state index contributed by atoms with van der Waals surface area (Å²) in [6.07, 6.45) is 4.60. The Balaban J connectivity index is 1.55. The van der Waals surface area contributed by atoms with Gasteiger partial charge in [0.25, 0.3) is 5.56 Å². The molecule has 4 rings (SSSR count). The molecule has 12 heteroatoms. The molecule has 4 aromatic heterocycles. The summed E-state index contributed by atoms with van der Waals surface area (Å²) in [6, 6.07) is 3.01. The Kier molecular flexibility index (Phi) is 5.63. The molecule has 0 aliphatic rings. The molecule has 0 aliphatic carbocycles. The fourth-order valence-electron chi connectivity index (χ4n) is 3.12. The highest BCUT2D eigenvalue weighted by molar-refractivity contribution is 9.10. The van der Waals surface area contributed by atoms with Crippen molar-refractivity contribution in [2.75, 3.05) is 0 Å². The van der Waals surface area contributed by atoms with Gasteiger partial charge >= 0.3 is 0 Å². The van der Waals surface area contributed by atoms with Crippen LogP contribution in [0.25, 0.3) is 22.4 Å². The molecule has 4 aromatic rings. The van der Waals surface area contributed by atoms with Gasteiger partial charge in [-0.15, -0.1) is 0 Å². The number of nitrogens with zero attached hydrogens (tertiary/aromatic N) is 7. The quantitative estimate of drug-likeness (QED) is 0.436. The number of aryl methyl sites for hydroxylation is 1. The maximum atomic E-state index is 12.8. The SMILES string of the molecule is CC(C)C(NC(=O)Cn1cnc2c(c(Br)nn2C)c1=O)c1nc(-c2ccncc2)no1. The number of carbonyl (C=O) groups is 1. The van der Waals surface area contributed by atoms with Gasteiger partial charge in [-0.05, 0) is 34.0 Å². The predicted molar refractivity (Wildman–Crippen MR) is 114 cm³/mol. The molecule has 0 fully saturated rings. The van der Waals surface area contributed by atoms with Gasteiger partial charge in [0.15, 0.2) is 5.65 Å². The van der Waals surface area contributed by atoms with Crippen molar-refractivity contribution in [2.24, 2.45) is 13.0 Å². The number of amides is 1. The maximum absolute atomic E-state index is 12.8. The molecule has 4 heterocycles. The lowest BCUT2D eigenvalue weighted by molar-refractivity contribution is -0.123. The summed E-state index contributed by atoms with van der Waals surface area (Å²) < 4.78 is 8.51. The summed E-state index contributed by atoms with van der Waals surface area (Å²) in [5.41, 5.74) is 0.828. The lowest BCUT2D eigenvalue weighted by Gasteiger charge is -2.18. The fourth-order valence-corrected chi connectivity index (χ4v) is 3.70. The van der Waals surface area contributed by atoms with Crippen LogP contribution in [-0.4, -0.2) is 40.4 Å². The van der Waals surface area contributed by atoms with E-state index < -0.39 is 6.04 Å². The van der Waals surface area contributed by atoms with Crippen molar-refractivity contribution in [3.05, 3.63) is 51.7 Å². The number of pyridine rings is 1. The molecule has 1 atom stereocenters. The lowest BCUT2D eigenvalue weighted by atomic mass is 10.0. The third-order valence-electron chi connectivity index (χ3n) is 4.71. The van der Waals surface area contributed by atoms with Gasteiger partial charge in [0, 0.05) is 25.0 Å². The topological polar surface area (TPSA) is 134 Å². The lowest BCUT2D eigenvalue weighted by Crippen LogP contribution is -2.36. The van der Waals surface area contributed by atoms with Crippen molar-refractivity contribution in [1.82, 2.24) is 39.8 Å². The van der Waals surface area contributed by atoms with Gasteiger partial charge in [0.1, 0.15) is 28.9 Å². The van der Waals surface area contributed by atoms with E-state index in [1.807, 2.05) is 13.8 Å². The molecule has 160 valence electrons. The first-order valence-corrected chi connectivity index (χ1v) is 10.3. The minimum Gasteiger partial charge on any atom is -0.342 e. The molecule has 0 aliphatic heterocycles. The number of fused-ring (bicyclic) bond motifs is 1. The first kappa shape index (κ1) is 20.8. The average Bonchev–Trinajstić information content (AvgIpc) is 3.34. The molecule has 0 bridgehead atoms. The highest BCUT2D eigenvalue weighted by Gasteiger charge is 2.25. The Morgan fingerprint density at radius 1 is 1.29 bits per heavy atom. The zero-order valence-electron chi connectivity index (χ0n) is 17.0. The van der Waals surface area contributed by atoms with Crippen LogP contribution < -0.4 is 10.9 Å².